The first-order valence-electron chi connectivity index (χ1n) is 43.8. The predicted molar refractivity (Wildman–Crippen MR) is 421 cm³/mol. The van der Waals surface area contributed by atoms with Crippen LogP contribution in [-0.2, 0) is 14.3 Å². The largest absolute Gasteiger partial charge is 0.466 e. The molecule has 0 bridgehead atoms. The average Bonchev–Trinajstić information content (AvgIpc) is 3.31. The summed E-state index contributed by atoms with van der Waals surface area (Å²) >= 11 is 0. The van der Waals surface area contributed by atoms with Crippen LogP contribution in [0, 0.1) is 0 Å². The Labute approximate surface area is 595 Å². The molecular formula is C89H171NO5. The molecule has 0 spiro atoms. The second-order valence-corrected chi connectivity index (χ2v) is 30.2. The molecule has 0 aromatic rings. The van der Waals surface area contributed by atoms with Gasteiger partial charge in [0.1, 0.15) is 0 Å². The van der Waals surface area contributed by atoms with Crippen molar-refractivity contribution in [2.45, 2.75) is 508 Å². The molecule has 0 aliphatic heterocycles. The van der Waals surface area contributed by atoms with Crippen molar-refractivity contribution in [3.63, 3.8) is 0 Å². The van der Waals surface area contributed by atoms with Crippen LogP contribution >= 0.6 is 0 Å². The molecule has 0 aliphatic rings. The molecule has 6 heteroatoms. The first-order valence-corrected chi connectivity index (χ1v) is 43.8. The number of rotatable bonds is 83. The molecular weight excluding hydrogens is 1160 g/mol. The standard InChI is InChI=1S/C89H171NO5/c1-3-5-7-9-11-13-15-17-19-21-23-24-25-37-40-43-46-49-53-57-61-65-69-73-77-81-87(92)86(85-91)90-88(93)82-78-74-70-66-62-58-54-50-47-44-41-38-35-33-31-29-27-26-28-30-32-34-36-39-42-45-48-52-56-60-64-68-72-76-80-84-95-89(94)83-79-75-71-67-63-59-55-51-22-20-18-16-14-12-10-8-6-4-2/h20,22,28,30,77,81,86-87,91-92H,3-19,21,23-27,29,31-76,78-80,82-85H2,1-2H3,(H,90,93)/b22-20-,30-28-,81-77+. The predicted octanol–water partition coefficient (Wildman–Crippen LogP) is 29.3. The van der Waals surface area contributed by atoms with Crippen LogP contribution in [0.15, 0.2) is 36.5 Å². The topological polar surface area (TPSA) is 95.9 Å². The van der Waals surface area contributed by atoms with E-state index in [0.717, 1.165) is 44.9 Å². The molecule has 0 aliphatic carbocycles. The molecule has 562 valence electrons. The van der Waals surface area contributed by atoms with Crippen molar-refractivity contribution in [1.29, 1.82) is 0 Å². The van der Waals surface area contributed by atoms with E-state index < -0.39 is 12.1 Å². The Morgan fingerprint density at radius 1 is 0.284 bits per heavy atom. The fourth-order valence-electron chi connectivity index (χ4n) is 14.0. The third-order valence-electron chi connectivity index (χ3n) is 20.6. The van der Waals surface area contributed by atoms with Gasteiger partial charge < -0.3 is 20.3 Å². The van der Waals surface area contributed by atoms with Crippen LogP contribution in [0.2, 0.25) is 0 Å². The van der Waals surface area contributed by atoms with Crippen molar-refractivity contribution < 1.29 is 24.5 Å². The highest BCUT2D eigenvalue weighted by molar-refractivity contribution is 5.76. The summed E-state index contributed by atoms with van der Waals surface area (Å²) in [7, 11) is 0. The van der Waals surface area contributed by atoms with Gasteiger partial charge >= 0.3 is 5.97 Å². The molecule has 0 saturated heterocycles. The SMILES string of the molecule is CCCCCCCCC/C=C\CCCCCCCCCC(=O)OCCCCCCCCCCCCCCCC/C=C\CCCCCCCCCCCCCCCCCCCC(=O)NC(CO)C(O)/C=C/CCCCCCCCCCCCCCCCCCCCCCCCC. The molecule has 2 atom stereocenters. The molecule has 0 heterocycles. The van der Waals surface area contributed by atoms with Gasteiger partial charge in [-0.25, -0.2) is 0 Å². The van der Waals surface area contributed by atoms with Crippen molar-refractivity contribution in [3.05, 3.63) is 36.5 Å². The summed E-state index contributed by atoms with van der Waals surface area (Å²) in [6, 6.07) is -0.627. The van der Waals surface area contributed by atoms with Crippen molar-refractivity contribution >= 4 is 11.9 Å². The maximum atomic E-state index is 12.6. The van der Waals surface area contributed by atoms with E-state index in [0.29, 0.717) is 19.4 Å². The highest BCUT2D eigenvalue weighted by Crippen LogP contribution is 2.20. The minimum absolute atomic E-state index is 0.0181. The number of aliphatic hydroxyl groups is 2. The minimum atomic E-state index is -0.844. The van der Waals surface area contributed by atoms with E-state index in [1.807, 2.05) is 6.08 Å². The van der Waals surface area contributed by atoms with E-state index in [4.69, 9.17) is 4.74 Å². The molecule has 0 fully saturated rings. The van der Waals surface area contributed by atoms with Crippen molar-refractivity contribution in [3.8, 4) is 0 Å². The molecule has 6 nitrogen and oxygen atoms in total. The maximum absolute atomic E-state index is 12.6. The monoisotopic (exact) mass is 1330 g/mol. The lowest BCUT2D eigenvalue weighted by Gasteiger charge is -2.20. The van der Waals surface area contributed by atoms with E-state index in [1.54, 1.807) is 6.08 Å². The highest BCUT2D eigenvalue weighted by Gasteiger charge is 2.18. The maximum Gasteiger partial charge on any atom is 0.305 e. The Morgan fingerprint density at radius 3 is 0.747 bits per heavy atom. The van der Waals surface area contributed by atoms with Gasteiger partial charge in [0.25, 0.3) is 0 Å². The molecule has 0 saturated carbocycles. The van der Waals surface area contributed by atoms with E-state index in [9.17, 15) is 19.8 Å². The smallest absolute Gasteiger partial charge is 0.305 e. The summed E-state index contributed by atoms with van der Waals surface area (Å²) in [5, 5.41) is 23.3. The lowest BCUT2D eigenvalue weighted by atomic mass is 10.0. The van der Waals surface area contributed by atoms with Crippen molar-refractivity contribution in [1.82, 2.24) is 5.32 Å². The molecule has 0 aromatic heterocycles. The molecule has 2 unspecified atom stereocenters. The van der Waals surface area contributed by atoms with Crippen LogP contribution < -0.4 is 5.32 Å². The minimum Gasteiger partial charge on any atom is -0.466 e. The third kappa shape index (κ3) is 80.9. The second-order valence-electron chi connectivity index (χ2n) is 30.2. The Kier molecular flexibility index (Phi) is 82.8. The number of carbonyl (C=O) groups is 2. The Hall–Kier alpha value is -1.92. The Morgan fingerprint density at radius 2 is 0.495 bits per heavy atom. The normalized spacial score (nSPS) is 12.6. The molecule has 0 radical (unpaired) electrons. The fourth-order valence-corrected chi connectivity index (χ4v) is 14.0. The van der Waals surface area contributed by atoms with Crippen molar-refractivity contribution in [2.75, 3.05) is 13.2 Å². The third-order valence-corrected chi connectivity index (χ3v) is 20.6. The molecule has 0 rings (SSSR count). The lowest BCUT2D eigenvalue weighted by molar-refractivity contribution is -0.143. The van der Waals surface area contributed by atoms with Crippen LogP contribution in [-0.4, -0.2) is 47.4 Å². The number of carbonyl (C=O) groups excluding carboxylic acids is 2. The first kappa shape index (κ1) is 93.1. The number of aliphatic hydroxyl groups excluding tert-OH is 2. The van der Waals surface area contributed by atoms with E-state index in [2.05, 4.69) is 43.5 Å². The molecule has 1 amide bonds. The zero-order valence-electron chi connectivity index (χ0n) is 64.7. The summed E-state index contributed by atoms with van der Waals surface area (Å²) in [4.78, 5) is 24.7. The average molecular weight is 1340 g/mol. The number of hydrogen-bond donors (Lipinski definition) is 3. The van der Waals surface area contributed by atoms with Gasteiger partial charge in [0.15, 0.2) is 0 Å². The fraction of sp³-hybridized carbons (Fsp3) is 0.910. The van der Waals surface area contributed by atoms with Crippen LogP contribution in [0.5, 0.6) is 0 Å². The van der Waals surface area contributed by atoms with E-state index >= 15 is 0 Å². The van der Waals surface area contributed by atoms with Gasteiger partial charge in [0, 0.05) is 12.8 Å². The van der Waals surface area contributed by atoms with E-state index in [1.165, 1.54) is 424 Å². The van der Waals surface area contributed by atoms with Crippen LogP contribution in [0.4, 0.5) is 0 Å². The lowest BCUT2D eigenvalue weighted by Crippen LogP contribution is -2.45. The van der Waals surface area contributed by atoms with E-state index in [-0.39, 0.29) is 18.5 Å². The second kappa shape index (κ2) is 84.5. The van der Waals surface area contributed by atoms with Crippen LogP contribution in [0.3, 0.4) is 0 Å². The Bertz CT molecular complexity index is 1540. The van der Waals surface area contributed by atoms with Gasteiger partial charge in [-0.3, -0.25) is 9.59 Å². The van der Waals surface area contributed by atoms with Gasteiger partial charge in [-0.05, 0) is 83.5 Å². The summed E-state index contributed by atoms with van der Waals surface area (Å²) < 4.78 is 5.52. The number of hydrogen-bond acceptors (Lipinski definition) is 5. The van der Waals surface area contributed by atoms with Gasteiger partial charge in [-0.1, -0.05) is 436 Å². The summed E-state index contributed by atoms with van der Waals surface area (Å²) in [6.07, 6.45) is 112. The number of amides is 1. The highest BCUT2D eigenvalue weighted by atomic mass is 16.5. The number of esters is 1. The number of unbranched alkanes of at least 4 members (excludes halogenated alkanes) is 68. The van der Waals surface area contributed by atoms with Crippen molar-refractivity contribution in [2.24, 2.45) is 0 Å². The van der Waals surface area contributed by atoms with Crippen LogP contribution in [0.25, 0.3) is 0 Å². The first-order chi connectivity index (χ1) is 47.0. The zero-order valence-corrected chi connectivity index (χ0v) is 64.7. The molecule has 95 heavy (non-hydrogen) atoms. The molecule has 3 N–H and O–H groups in total. The molecule has 0 aromatic carbocycles. The Balaban J connectivity index is 3.36. The summed E-state index contributed by atoms with van der Waals surface area (Å²) in [6.45, 7) is 4.96. The van der Waals surface area contributed by atoms with Gasteiger partial charge in [-0.2, -0.15) is 0 Å². The number of nitrogens with one attached hydrogen (secondary N) is 1. The summed E-state index contributed by atoms with van der Waals surface area (Å²) in [5.74, 6) is -0.0406. The number of ether oxygens (including phenoxy) is 1. The number of allylic oxidation sites excluding steroid dienone is 5. The van der Waals surface area contributed by atoms with Gasteiger partial charge in [0.05, 0.1) is 25.4 Å². The quantitative estimate of drug-likeness (QED) is 0.0320. The van der Waals surface area contributed by atoms with Gasteiger partial charge in [-0.15, -0.1) is 0 Å². The zero-order chi connectivity index (χ0) is 68.4. The summed E-state index contributed by atoms with van der Waals surface area (Å²) in [5.41, 5.74) is 0. The van der Waals surface area contributed by atoms with Gasteiger partial charge in [0.2, 0.25) is 5.91 Å². The van der Waals surface area contributed by atoms with Crippen LogP contribution in [0.1, 0.15) is 495 Å².